The molecular formula is C19H18N4O4S. The fourth-order valence-corrected chi connectivity index (χ4v) is 2.64. The number of benzene rings is 2. The smallest absolute Gasteiger partial charge is 0.302 e. The van der Waals surface area contributed by atoms with Gasteiger partial charge in [-0.15, -0.1) is 0 Å². The van der Waals surface area contributed by atoms with Crippen LogP contribution in [0.4, 0.5) is 11.7 Å². The Bertz CT molecular complexity index is 1050. The summed E-state index contributed by atoms with van der Waals surface area (Å²) in [5, 5.41) is 8.01. The van der Waals surface area contributed by atoms with Crippen molar-refractivity contribution in [1.82, 2.24) is 10.3 Å². The lowest BCUT2D eigenvalue weighted by atomic mass is 10.2. The van der Waals surface area contributed by atoms with Gasteiger partial charge in [0.15, 0.2) is 10.7 Å². The molecule has 1 aromatic heterocycles. The van der Waals surface area contributed by atoms with Crippen LogP contribution >= 0.6 is 12.2 Å². The Morgan fingerprint density at radius 1 is 1.18 bits per heavy atom. The van der Waals surface area contributed by atoms with Gasteiger partial charge in [0.1, 0.15) is 11.3 Å². The average Bonchev–Trinajstić information content (AvgIpc) is 3.03. The lowest BCUT2D eigenvalue weighted by molar-refractivity contribution is -0.114. The molecule has 3 rings (SSSR count). The summed E-state index contributed by atoms with van der Waals surface area (Å²) in [6, 6.07) is 12.0. The first kappa shape index (κ1) is 19.3. The van der Waals surface area contributed by atoms with Gasteiger partial charge in [-0.3, -0.25) is 20.2 Å². The number of hydrogen-bond donors (Lipinski definition) is 3. The average molecular weight is 398 g/mol. The number of rotatable bonds is 5. The zero-order valence-electron chi connectivity index (χ0n) is 15.2. The number of carbonyl (C=O) groups excluding carboxylic acids is 2. The lowest BCUT2D eigenvalue weighted by Gasteiger charge is -2.08. The van der Waals surface area contributed by atoms with Crippen LogP contribution in [-0.2, 0) is 4.79 Å². The maximum atomic E-state index is 12.3. The number of ether oxygens (including phenoxy) is 1. The van der Waals surface area contributed by atoms with Crippen molar-refractivity contribution in [1.29, 1.82) is 0 Å². The second-order valence-corrected chi connectivity index (χ2v) is 6.16. The summed E-state index contributed by atoms with van der Waals surface area (Å²) in [5.74, 6) is 0.0283. The molecule has 0 aliphatic rings. The molecule has 0 aliphatic heterocycles. The van der Waals surface area contributed by atoms with Gasteiger partial charge < -0.3 is 14.5 Å². The number of anilines is 2. The number of thiocarbonyl (C=S) groups is 1. The molecule has 0 saturated heterocycles. The molecule has 3 aromatic rings. The number of nitrogens with zero attached hydrogens (tertiary/aromatic N) is 1. The van der Waals surface area contributed by atoms with E-state index in [1.165, 1.54) is 6.92 Å². The minimum absolute atomic E-state index is 0.0421. The predicted molar refractivity (Wildman–Crippen MR) is 110 cm³/mol. The fraction of sp³-hybridized carbons (Fsp3) is 0.158. The van der Waals surface area contributed by atoms with Crippen LogP contribution in [0.15, 0.2) is 46.9 Å². The highest BCUT2D eigenvalue weighted by Crippen LogP contribution is 2.22. The topological polar surface area (TPSA) is 105 Å². The van der Waals surface area contributed by atoms with Gasteiger partial charge in [0, 0.05) is 24.2 Å². The Hall–Kier alpha value is -3.46. The normalized spacial score (nSPS) is 10.4. The highest BCUT2D eigenvalue weighted by molar-refractivity contribution is 7.80. The molecule has 0 saturated carbocycles. The van der Waals surface area contributed by atoms with Crippen molar-refractivity contribution in [3.05, 3.63) is 48.0 Å². The van der Waals surface area contributed by atoms with E-state index in [-0.39, 0.29) is 22.9 Å². The Balaban J connectivity index is 1.66. The lowest BCUT2D eigenvalue weighted by Crippen LogP contribution is -2.34. The summed E-state index contributed by atoms with van der Waals surface area (Å²) in [4.78, 5) is 27.7. The minimum Gasteiger partial charge on any atom is -0.494 e. The van der Waals surface area contributed by atoms with Crippen molar-refractivity contribution in [3.8, 4) is 5.75 Å². The molecule has 0 bridgehead atoms. The molecule has 0 radical (unpaired) electrons. The van der Waals surface area contributed by atoms with Crippen LogP contribution in [0.25, 0.3) is 11.1 Å². The maximum absolute atomic E-state index is 12.3. The van der Waals surface area contributed by atoms with Crippen LogP contribution < -0.4 is 20.7 Å². The third-order valence-corrected chi connectivity index (χ3v) is 3.77. The van der Waals surface area contributed by atoms with Gasteiger partial charge in [0.2, 0.25) is 5.91 Å². The second-order valence-electron chi connectivity index (χ2n) is 5.75. The first-order valence-corrected chi connectivity index (χ1v) is 8.89. The Labute approximate surface area is 166 Å². The molecule has 3 N–H and O–H groups in total. The summed E-state index contributed by atoms with van der Waals surface area (Å²) in [6.07, 6.45) is 0. The molecule has 0 unspecified atom stereocenters. The van der Waals surface area contributed by atoms with Gasteiger partial charge in [-0.2, -0.15) is 4.98 Å². The molecule has 0 atom stereocenters. The first-order chi connectivity index (χ1) is 13.4. The Morgan fingerprint density at radius 2 is 2.00 bits per heavy atom. The number of oxazole rings is 1. The highest BCUT2D eigenvalue weighted by atomic mass is 32.1. The zero-order valence-corrected chi connectivity index (χ0v) is 16.1. The van der Waals surface area contributed by atoms with Gasteiger partial charge in [0.05, 0.1) is 6.61 Å². The van der Waals surface area contributed by atoms with Crippen molar-refractivity contribution >= 4 is 51.9 Å². The van der Waals surface area contributed by atoms with Gasteiger partial charge in [-0.05, 0) is 49.5 Å². The molecule has 9 heteroatoms. The molecule has 2 aromatic carbocycles. The number of hydrogen-bond acceptors (Lipinski definition) is 6. The van der Waals surface area contributed by atoms with Gasteiger partial charge in [0.25, 0.3) is 5.91 Å². The molecule has 8 nitrogen and oxygen atoms in total. The van der Waals surface area contributed by atoms with Crippen molar-refractivity contribution in [3.63, 3.8) is 0 Å². The Morgan fingerprint density at radius 3 is 2.75 bits per heavy atom. The van der Waals surface area contributed by atoms with Crippen molar-refractivity contribution < 1.29 is 18.7 Å². The fourth-order valence-electron chi connectivity index (χ4n) is 2.46. The monoisotopic (exact) mass is 398 g/mol. The SMILES string of the molecule is CCOc1cccc(C(=O)NC(=S)Nc2nc3ccc(NC(C)=O)cc3o2)c1. The summed E-state index contributed by atoms with van der Waals surface area (Å²) >= 11 is 5.15. The van der Waals surface area contributed by atoms with Crippen molar-refractivity contribution in [2.24, 2.45) is 0 Å². The molecule has 28 heavy (non-hydrogen) atoms. The third-order valence-electron chi connectivity index (χ3n) is 3.56. The van der Waals surface area contributed by atoms with Crippen LogP contribution in [0.3, 0.4) is 0 Å². The van der Waals surface area contributed by atoms with E-state index in [2.05, 4.69) is 20.9 Å². The molecule has 0 spiro atoms. The largest absolute Gasteiger partial charge is 0.494 e. The summed E-state index contributed by atoms with van der Waals surface area (Å²) < 4.78 is 11.0. The van der Waals surface area contributed by atoms with E-state index in [0.29, 0.717) is 34.7 Å². The number of aromatic nitrogens is 1. The van der Waals surface area contributed by atoms with Crippen LogP contribution in [0.1, 0.15) is 24.2 Å². The van der Waals surface area contributed by atoms with E-state index < -0.39 is 0 Å². The van der Waals surface area contributed by atoms with Gasteiger partial charge in [-0.25, -0.2) is 0 Å². The third kappa shape index (κ3) is 4.83. The maximum Gasteiger partial charge on any atom is 0.302 e. The molecule has 0 fully saturated rings. The standard InChI is InChI=1S/C19H18N4O4S/c1-3-26-14-6-4-5-12(9-14)17(25)22-19(28)23-18-21-15-8-7-13(20-11(2)24)10-16(15)27-18/h4-10H,3H2,1-2H3,(H,20,24)(H2,21,22,23,25,28). The first-order valence-electron chi connectivity index (χ1n) is 8.48. The molecule has 2 amide bonds. The summed E-state index contributed by atoms with van der Waals surface area (Å²) in [6.45, 7) is 3.79. The number of nitrogens with one attached hydrogen (secondary N) is 3. The van der Waals surface area contributed by atoms with E-state index in [9.17, 15) is 9.59 Å². The van der Waals surface area contributed by atoms with E-state index in [1.807, 2.05) is 6.92 Å². The summed E-state index contributed by atoms with van der Waals surface area (Å²) in [5.41, 5.74) is 2.04. The molecule has 144 valence electrons. The predicted octanol–water partition coefficient (Wildman–Crippen LogP) is 3.31. The quantitative estimate of drug-likeness (QED) is 0.566. The van der Waals surface area contributed by atoms with Crippen molar-refractivity contribution in [2.75, 3.05) is 17.2 Å². The van der Waals surface area contributed by atoms with Crippen LogP contribution in [-0.4, -0.2) is 28.5 Å². The van der Waals surface area contributed by atoms with Crippen molar-refractivity contribution in [2.45, 2.75) is 13.8 Å². The molecule has 0 aliphatic carbocycles. The minimum atomic E-state index is -0.386. The van der Waals surface area contributed by atoms with E-state index >= 15 is 0 Å². The van der Waals surface area contributed by atoms with Crippen LogP contribution in [0.2, 0.25) is 0 Å². The Kier molecular flexibility index (Phi) is 5.85. The highest BCUT2D eigenvalue weighted by Gasteiger charge is 2.12. The molecular weight excluding hydrogens is 380 g/mol. The van der Waals surface area contributed by atoms with Crippen LogP contribution in [0, 0.1) is 0 Å². The number of amides is 2. The number of fused-ring (bicyclic) bond motifs is 1. The molecule has 1 heterocycles. The van der Waals surface area contributed by atoms with E-state index in [4.69, 9.17) is 21.4 Å². The number of carbonyl (C=O) groups is 2. The zero-order chi connectivity index (χ0) is 20.1. The van der Waals surface area contributed by atoms with Gasteiger partial charge in [-0.1, -0.05) is 6.07 Å². The van der Waals surface area contributed by atoms with E-state index in [1.54, 1.807) is 42.5 Å². The van der Waals surface area contributed by atoms with E-state index in [0.717, 1.165) is 0 Å². The van der Waals surface area contributed by atoms with Crippen LogP contribution in [0.5, 0.6) is 5.75 Å². The second kappa shape index (κ2) is 8.49. The van der Waals surface area contributed by atoms with Gasteiger partial charge >= 0.3 is 6.01 Å². The summed E-state index contributed by atoms with van der Waals surface area (Å²) in [7, 11) is 0.